The van der Waals surface area contributed by atoms with Gasteiger partial charge in [0, 0.05) is 19.4 Å². The summed E-state index contributed by atoms with van der Waals surface area (Å²) < 4.78 is 0. The number of aliphatic hydroxyl groups excluding tert-OH is 2. The van der Waals surface area contributed by atoms with Gasteiger partial charge in [-0.05, 0) is 51.9 Å². The number of carboxylic acids is 1. The van der Waals surface area contributed by atoms with E-state index in [2.05, 4.69) is 0 Å². The fraction of sp³-hybridized carbons (Fsp3) is 0.800. The molecular weight excluding hydrogens is 334 g/mol. The molecule has 0 saturated carbocycles. The van der Waals surface area contributed by atoms with Crippen LogP contribution >= 0.6 is 0 Å². The van der Waals surface area contributed by atoms with Gasteiger partial charge in [-0.3, -0.25) is 9.59 Å². The van der Waals surface area contributed by atoms with Crippen LogP contribution in [0, 0.1) is 0 Å². The molecule has 0 aliphatic carbocycles. The average Bonchev–Trinajstić information content (AvgIpc) is 2.57. The molecule has 0 radical (unpaired) electrons. The van der Waals surface area contributed by atoms with Crippen LogP contribution in [0.15, 0.2) is 12.2 Å². The Kier molecular flexibility index (Phi) is 11.2. The third kappa shape index (κ3) is 9.92. The van der Waals surface area contributed by atoms with E-state index in [-0.39, 0.29) is 24.5 Å². The van der Waals surface area contributed by atoms with Crippen LogP contribution in [0.5, 0.6) is 0 Å². The third-order valence-electron chi connectivity index (χ3n) is 4.83. The molecule has 3 N–H and O–H groups in total. The summed E-state index contributed by atoms with van der Waals surface area (Å²) in [6, 6.07) is 0.0432. The maximum Gasteiger partial charge on any atom is 0.303 e. The molecule has 1 saturated heterocycles. The highest BCUT2D eigenvalue weighted by molar-refractivity contribution is 5.77. The first-order valence-electron chi connectivity index (χ1n) is 9.96. The minimum atomic E-state index is -0.756. The zero-order valence-electron chi connectivity index (χ0n) is 16.0. The van der Waals surface area contributed by atoms with E-state index in [9.17, 15) is 19.8 Å². The highest BCUT2D eigenvalue weighted by Gasteiger charge is 2.25. The molecule has 2 unspecified atom stereocenters. The van der Waals surface area contributed by atoms with Gasteiger partial charge in [-0.15, -0.1) is 0 Å². The third-order valence-corrected chi connectivity index (χ3v) is 4.83. The van der Waals surface area contributed by atoms with Crippen molar-refractivity contribution in [2.24, 2.45) is 0 Å². The average molecular weight is 370 g/mol. The Hall–Kier alpha value is -1.40. The number of piperidine rings is 1. The zero-order valence-corrected chi connectivity index (χ0v) is 16.0. The van der Waals surface area contributed by atoms with E-state index < -0.39 is 12.1 Å². The normalized spacial score (nSPS) is 20.5. The van der Waals surface area contributed by atoms with Crippen molar-refractivity contribution in [2.75, 3.05) is 6.54 Å². The van der Waals surface area contributed by atoms with Crippen LogP contribution in [0.1, 0.15) is 77.6 Å². The van der Waals surface area contributed by atoms with E-state index in [1.807, 2.05) is 11.0 Å². The van der Waals surface area contributed by atoms with Crippen LogP contribution in [-0.2, 0) is 9.59 Å². The van der Waals surface area contributed by atoms with Gasteiger partial charge in [-0.25, -0.2) is 0 Å². The van der Waals surface area contributed by atoms with Gasteiger partial charge in [0.15, 0.2) is 0 Å². The van der Waals surface area contributed by atoms with E-state index in [0.717, 1.165) is 38.5 Å². The van der Waals surface area contributed by atoms with Crippen LogP contribution in [0.4, 0.5) is 0 Å². The lowest BCUT2D eigenvalue weighted by atomic mass is 9.99. The van der Waals surface area contributed by atoms with Crippen molar-refractivity contribution >= 4 is 11.9 Å². The molecule has 1 aliphatic heterocycles. The van der Waals surface area contributed by atoms with E-state index in [1.165, 1.54) is 0 Å². The second kappa shape index (κ2) is 12.9. The second-order valence-corrected chi connectivity index (χ2v) is 7.34. The highest BCUT2D eigenvalue weighted by Crippen LogP contribution is 2.21. The Morgan fingerprint density at radius 2 is 1.92 bits per heavy atom. The number of unbranched alkanes of at least 4 members (excludes halogenated alkanes) is 3. The van der Waals surface area contributed by atoms with E-state index in [1.54, 1.807) is 13.0 Å². The van der Waals surface area contributed by atoms with Gasteiger partial charge >= 0.3 is 5.97 Å². The topological polar surface area (TPSA) is 98.1 Å². The number of amides is 1. The molecule has 150 valence electrons. The number of likely N-dealkylation sites (tertiary alicyclic amines) is 1. The molecular formula is C20H35NO5. The predicted octanol–water partition coefficient (Wildman–Crippen LogP) is 2.87. The van der Waals surface area contributed by atoms with Gasteiger partial charge in [-0.2, -0.15) is 0 Å². The standard InChI is InChI=1S/C20H35NO5/c1-16(22)8-6-10-18(23)14-13-17-9-7-11-19(24)21(17)15-5-3-2-4-12-20(25)26/h13-14,16-18,22-23H,2-12,15H2,1H3,(H,25,26)/t16?,17-,18?/m1/s1. The number of carbonyl (C=O) groups is 2. The number of nitrogens with zero attached hydrogens (tertiary/aromatic N) is 1. The molecule has 0 aromatic heterocycles. The van der Waals surface area contributed by atoms with Gasteiger partial charge in [0.25, 0.3) is 0 Å². The summed E-state index contributed by atoms with van der Waals surface area (Å²) in [5, 5.41) is 27.9. The molecule has 0 spiro atoms. The molecule has 1 fully saturated rings. The molecule has 1 amide bonds. The molecule has 0 aromatic carbocycles. The maximum atomic E-state index is 12.2. The Morgan fingerprint density at radius 3 is 2.62 bits per heavy atom. The highest BCUT2D eigenvalue weighted by atomic mass is 16.4. The van der Waals surface area contributed by atoms with Gasteiger partial charge in [-0.1, -0.05) is 25.0 Å². The monoisotopic (exact) mass is 369 g/mol. The molecule has 0 bridgehead atoms. The Labute approximate surface area is 156 Å². The van der Waals surface area contributed by atoms with Crippen molar-refractivity contribution in [1.82, 2.24) is 4.90 Å². The maximum absolute atomic E-state index is 12.2. The Balaban J connectivity index is 2.37. The first kappa shape index (κ1) is 22.6. The first-order chi connectivity index (χ1) is 12.4. The fourth-order valence-corrected chi connectivity index (χ4v) is 3.32. The lowest BCUT2D eigenvalue weighted by Crippen LogP contribution is -2.43. The van der Waals surface area contributed by atoms with E-state index in [0.29, 0.717) is 32.2 Å². The van der Waals surface area contributed by atoms with Crippen molar-refractivity contribution in [3.63, 3.8) is 0 Å². The number of hydrogen-bond acceptors (Lipinski definition) is 4. The number of carboxylic acid groups (broad SMARTS) is 1. The minimum absolute atomic E-state index is 0.0432. The molecule has 6 heteroatoms. The van der Waals surface area contributed by atoms with Crippen LogP contribution in [0.25, 0.3) is 0 Å². The summed E-state index contributed by atoms with van der Waals surface area (Å²) >= 11 is 0. The number of carbonyl (C=O) groups excluding carboxylic acids is 1. The van der Waals surface area contributed by atoms with E-state index >= 15 is 0 Å². The lowest BCUT2D eigenvalue weighted by Gasteiger charge is -2.34. The van der Waals surface area contributed by atoms with Crippen LogP contribution < -0.4 is 0 Å². The summed E-state index contributed by atoms with van der Waals surface area (Å²) in [4.78, 5) is 24.6. The van der Waals surface area contributed by atoms with E-state index in [4.69, 9.17) is 5.11 Å². The number of aliphatic carboxylic acids is 1. The SMILES string of the molecule is CC(O)CCCC(O)C=C[C@H]1CCCC(=O)N1CCCCCCC(=O)O. The largest absolute Gasteiger partial charge is 0.481 e. The van der Waals surface area contributed by atoms with Crippen molar-refractivity contribution in [3.8, 4) is 0 Å². The predicted molar refractivity (Wildman–Crippen MR) is 101 cm³/mol. The quantitative estimate of drug-likeness (QED) is 0.342. The second-order valence-electron chi connectivity index (χ2n) is 7.34. The van der Waals surface area contributed by atoms with Gasteiger partial charge in [0.05, 0.1) is 18.2 Å². The first-order valence-corrected chi connectivity index (χ1v) is 9.96. The summed E-state index contributed by atoms with van der Waals surface area (Å²) in [7, 11) is 0. The minimum Gasteiger partial charge on any atom is -0.481 e. The number of rotatable bonds is 13. The molecule has 26 heavy (non-hydrogen) atoms. The molecule has 0 aromatic rings. The van der Waals surface area contributed by atoms with Crippen molar-refractivity contribution < 1.29 is 24.9 Å². The Morgan fingerprint density at radius 1 is 1.19 bits per heavy atom. The molecule has 3 atom stereocenters. The number of aliphatic hydroxyl groups is 2. The molecule has 6 nitrogen and oxygen atoms in total. The summed E-state index contributed by atoms with van der Waals surface area (Å²) in [5.74, 6) is -0.589. The smallest absolute Gasteiger partial charge is 0.303 e. The summed E-state index contributed by atoms with van der Waals surface area (Å²) in [6.07, 6.45) is 10.9. The number of hydrogen-bond donors (Lipinski definition) is 3. The summed E-state index contributed by atoms with van der Waals surface area (Å²) in [6.45, 7) is 2.44. The van der Waals surface area contributed by atoms with Gasteiger partial charge < -0.3 is 20.2 Å². The van der Waals surface area contributed by atoms with Crippen molar-refractivity contribution in [1.29, 1.82) is 0 Å². The lowest BCUT2D eigenvalue weighted by molar-refractivity contribution is -0.137. The van der Waals surface area contributed by atoms with Gasteiger partial charge in [0.2, 0.25) is 5.91 Å². The van der Waals surface area contributed by atoms with Crippen LogP contribution in [0.2, 0.25) is 0 Å². The fourth-order valence-electron chi connectivity index (χ4n) is 3.32. The van der Waals surface area contributed by atoms with Crippen LogP contribution in [-0.4, -0.2) is 56.9 Å². The van der Waals surface area contributed by atoms with Crippen molar-refractivity contribution in [2.45, 2.75) is 95.8 Å². The van der Waals surface area contributed by atoms with Crippen molar-refractivity contribution in [3.05, 3.63) is 12.2 Å². The van der Waals surface area contributed by atoms with Crippen LogP contribution in [0.3, 0.4) is 0 Å². The summed E-state index contributed by atoms with van der Waals surface area (Å²) in [5.41, 5.74) is 0. The van der Waals surface area contributed by atoms with Gasteiger partial charge in [0.1, 0.15) is 0 Å². The Bertz CT molecular complexity index is 449. The molecule has 1 rings (SSSR count). The zero-order chi connectivity index (χ0) is 19.4. The molecule has 1 aliphatic rings. The molecule has 1 heterocycles.